The Morgan fingerprint density at radius 2 is 1.05 bits per heavy atom. The van der Waals surface area contributed by atoms with E-state index in [1.807, 2.05) is 0 Å². The second-order valence-electron chi connectivity index (χ2n) is 12.1. The standard InChI is InChI=1S/C40H26Cl2N6O7S/c41-24-9-18-33(42)34(21-24)46-48-36-30-8-4-2-6-23(30)20-32(38(36)50)40(52)44-26-12-10-25(11-13-26)43-39(51)31-19-22-5-1-3-7-29(22)35(37(31)49)47-45-27-14-16-28(17-15-27)56(53,54)55/h1-21,49-50H,(H,43,51)(H,44,52)(H,53,54,55)/b47-45+,48-46+. The number of hydrogen-bond acceptors (Lipinski definition) is 10. The van der Waals surface area contributed by atoms with E-state index in [0.29, 0.717) is 43.0 Å². The molecule has 0 saturated carbocycles. The molecule has 0 spiro atoms. The number of rotatable bonds is 9. The Morgan fingerprint density at radius 3 is 1.55 bits per heavy atom. The van der Waals surface area contributed by atoms with E-state index in [2.05, 4.69) is 31.1 Å². The molecule has 13 nitrogen and oxygen atoms in total. The van der Waals surface area contributed by atoms with Gasteiger partial charge < -0.3 is 20.8 Å². The van der Waals surface area contributed by atoms with Crippen LogP contribution in [-0.2, 0) is 10.1 Å². The summed E-state index contributed by atoms with van der Waals surface area (Å²) in [6, 6.07) is 32.8. The molecule has 0 heterocycles. The molecule has 0 atom stereocenters. The maximum absolute atomic E-state index is 13.5. The molecule has 2 amide bonds. The van der Waals surface area contributed by atoms with Gasteiger partial charge >= 0.3 is 0 Å². The number of benzene rings is 7. The molecule has 5 N–H and O–H groups in total. The van der Waals surface area contributed by atoms with Crippen LogP contribution in [0.15, 0.2) is 153 Å². The summed E-state index contributed by atoms with van der Waals surface area (Å²) >= 11 is 12.3. The van der Waals surface area contributed by atoms with Crippen molar-refractivity contribution in [2.45, 2.75) is 4.90 Å². The van der Waals surface area contributed by atoms with Gasteiger partial charge in [-0.25, -0.2) is 0 Å². The topological polar surface area (TPSA) is 202 Å². The molecule has 0 saturated heterocycles. The third-order valence-electron chi connectivity index (χ3n) is 8.45. The highest BCUT2D eigenvalue weighted by atomic mass is 35.5. The van der Waals surface area contributed by atoms with Gasteiger partial charge in [0.15, 0.2) is 11.5 Å². The number of nitrogens with zero attached hydrogens (tertiary/aromatic N) is 4. The van der Waals surface area contributed by atoms with Crippen molar-refractivity contribution in [2.24, 2.45) is 20.5 Å². The number of phenolic OH excluding ortho intramolecular Hbond substituents is 2. The molecule has 0 bridgehead atoms. The zero-order valence-electron chi connectivity index (χ0n) is 28.6. The minimum absolute atomic E-state index is 0.000000101. The Hall–Kier alpha value is -6.71. The predicted octanol–water partition coefficient (Wildman–Crippen LogP) is 11.3. The van der Waals surface area contributed by atoms with Crippen molar-refractivity contribution in [3.63, 3.8) is 0 Å². The van der Waals surface area contributed by atoms with Gasteiger partial charge in [-0.1, -0.05) is 71.7 Å². The summed E-state index contributed by atoms with van der Waals surface area (Å²) in [6.07, 6.45) is 0. The van der Waals surface area contributed by atoms with E-state index < -0.39 is 33.4 Å². The van der Waals surface area contributed by atoms with Crippen LogP contribution in [0.5, 0.6) is 11.5 Å². The lowest BCUT2D eigenvalue weighted by Gasteiger charge is -2.13. The Bertz CT molecular complexity index is 2870. The smallest absolute Gasteiger partial charge is 0.294 e. The Labute approximate surface area is 328 Å². The lowest BCUT2D eigenvalue weighted by atomic mass is 10.0. The monoisotopic (exact) mass is 804 g/mol. The third kappa shape index (κ3) is 8.04. The SMILES string of the molecule is O=C(Nc1ccc(NC(=O)c2cc3ccccc3c(/N=N/c3cc(Cl)ccc3Cl)c2O)cc1)c1cc2ccccc2c(/N=N/c2ccc(S(=O)(=O)O)cc2)c1O. The molecule has 0 radical (unpaired) electrons. The predicted molar refractivity (Wildman–Crippen MR) is 215 cm³/mol. The van der Waals surface area contributed by atoms with Crippen LogP contribution in [0.25, 0.3) is 21.5 Å². The fourth-order valence-corrected chi connectivity index (χ4v) is 6.48. The van der Waals surface area contributed by atoms with E-state index in [-0.39, 0.29) is 38.8 Å². The number of azo groups is 2. The van der Waals surface area contributed by atoms with E-state index in [0.717, 1.165) is 12.1 Å². The van der Waals surface area contributed by atoms with Gasteiger partial charge in [0.2, 0.25) is 0 Å². The van der Waals surface area contributed by atoms with E-state index in [9.17, 15) is 32.8 Å². The molecule has 7 aromatic rings. The number of anilines is 2. The van der Waals surface area contributed by atoms with Gasteiger partial charge in [-0.15, -0.1) is 15.3 Å². The van der Waals surface area contributed by atoms with E-state index in [1.165, 1.54) is 42.5 Å². The number of nitrogens with one attached hydrogen (secondary N) is 2. The molecule has 0 fully saturated rings. The van der Waals surface area contributed by atoms with Crippen molar-refractivity contribution in [1.82, 2.24) is 0 Å². The van der Waals surface area contributed by atoms with Gasteiger partial charge in [0.25, 0.3) is 21.9 Å². The van der Waals surface area contributed by atoms with E-state index in [4.69, 9.17) is 23.2 Å². The fraction of sp³-hybridized carbons (Fsp3) is 0. The molecule has 0 aliphatic carbocycles. The molecule has 278 valence electrons. The van der Waals surface area contributed by atoms with Crippen LogP contribution in [0, 0.1) is 0 Å². The van der Waals surface area contributed by atoms with Crippen LogP contribution in [0.3, 0.4) is 0 Å². The highest BCUT2D eigenvalue weighted by Gasteiger charge is 2.21. The first-order chi connectivity index (χ1) is 26.9. The van der Waals surface area contributed by atoms with Gasteiger partial charge in [0.05, 0.1) is 26.7 Å². The zero-order chi connectivity index (χ0) is 39.6. The number of carbonyl (C=O) groups is 2. The number of aromatic hydroxyl groups is 2. The summed E-state index contributed by atoms with van der Waals surface area (Å²) in [4.78, 5) is 26.7. The van der Waals surface area contributed by atoms with Crippen LogP contribution in [0.4, 0.5) is 34.1 Å². The van der Waals surface area contributed by atoms with E-state index in [1.54, 1.807) is 72.8 Å². The van der Waals surface area contributed by atoms with Crippen molar-refractivity contribution in [3.05, 3.63) is 149 Å². The maximum Gasteiger partial charge on any atom is 0.294 e. The lowest BCUT2D eigenvalue weighted by Crippen LogP contribution is -2.13. The van der Waals surface area contributed by atoms with Crippen LogP contribution >= 0.6 is 23.2 Å². The number of amides is 2. The Balaban J connectivity index is 1.11. The Morgan fingerprint density at radius 1 is 0.571 bits per heavy atom. The number of carbonyl (C=O) groups excluding carboxylic acids is 2. The minimum atomic E-state index is -4.40. The molecule has 56 heavy (non-hydrogen) atoms. The summed E-state index contributed by atoms with van der Waals surface area (Å²) in [5.74, 6) is -2.16. The average molecular weight is 806 g/mol. The van der Waals surface area contributed by atoms with Crippen molar-refractivity contribution in [3.8, 4) is 11.5 Å². The first-order valence-electron chi connectivity index (χ1n) is 16.4. The van der Waals surface area contributed by atoms with Crippen LogP contribution in [0.1, 0.15) is 20.7 Å². The van der Waals surface area contributed by atoms with Crippen LogP contribution in [-0.4, -0.2) is 35.0 Å². The second-order valence-corrected chi connectivity index (χ2v) is 14.4. The summed E-state index contributed by atoms with van der Waals surface area (Å²) in [6.45, 7) is 0. The number of hydrogen-bond donors (Lipinski definition) is 5. The molecule has 16 heteroatoms. The minimum Gasteiger partial charge on any atom is -0.505 e. The summed E-state index contributed by atoms with van der Waals surface area (Å²) in [7, 11) is -4.40. The first kappa shape index (κ1) is 37.6. The van der Waals surface area contributed by atoms with Crippen LogP contribution in [0.2, 0.25) is 10.0 Å². The quantitative estimate of drug-likeness (QED) is 0.0705. The molecule has 0 aliphatic heterocycles. The number of halogens is 2. The molecule has 7 rings (SSSR count). The van der Waals surface area contributed by atoms with Crippen molar-refractivity contribution in [1.29, 1.82) is 0 Å². The van der Waals surface area contributed by atoms with Crippen molar-refractivity contribution < 1.29 is 32.8 Å². The molecule has 7 aromatic carbocycles. The number of fused-ring (bicyclic) bond motifs is 2. The molecular weight excluding hydrogens is 779 g/mol. The first-order valence-corrected chi connectivity index (χ1v) is 18.6. The summed E-state index contributed by atoms with van der Waals surface area (Å²) in [5.41, 5.74) is 1.06. The van der Waals surface area contributed by atoms with Crippen LogP contribution < -0.4 is 10.6 Å². The third-order valence-corrected chi connectivity index (χ3v) is 9.87. The second kappa shape index (κ2) is 15.6. The highest BCUT2D eigenvalue weighted by molar-refractivity contribution is 7.85. The van der Waals surface area contributed by atoms with Gasteiger partial charge in [0.1, 0.15) is 17.1 Å². The molecule has 0 aromatic heterocycles. The molecule has 0 aliphatic rings. The largest absolute Gasteiger partial charge is 0.505 e. The normalized spacial score (nSPS) is 11.8. The molecular formula is C40H26Cl2N6O7S. The maximum atomic E-state index is 13.5. The van der Waals surface area contributed by atoms with Crippen molar-refractivity contribution >= 4 is 101 Å². The summed E-state index contributed by atoms with van der Waals surface area (Å²) in [5, 5.41) is 47.5. The Kier molecular flexibility index (Phi) is 10.5. The highest BCUT2D eigenvalue weighted by Crippen LogP contribution is 2.42. The number of phenols is 2. The lowest BCUT2D eigenvalue weighted by molar-refractivity contribution is 0.101. The fourth-order valence-electron chi connectivity index (χ4n) is 5.68. The summed E-state index contributed by atoms with van der Waals surface area (Å²) < 4.78 is 32.0. The average Bonchev–Trinajstić information content (AvgIpc) is 3.18. The van der Waals surface area contributed by atoms with Gasteiger partial charge in [-0.05, 0) is 89.6 Å². The van der Waals surface area contributed by atoms with Gasteiger partial charge in [-0.3, -0.25) is 14.1 Å². The zero-order valence-corrected chi connectivity index (χ0v) is 30.9. The van der Waals surface area contributed by atoms with Crippen molar-refractivity contribution in [2.75, 3.05) is 10.6 Å². The van der Waals surface area contributed by atoms with E-state index >= 15 is 0 Å². The van der Waals surface area contributed by atoms with Gasteiger partial charge in [-0.2, -0.15) is 13.5 Å². The molecule has 0 unspecified atom stereocenters. The van der Waals surface area contributed by atoms with Gasteiger partial charge in [0, 0.05) is 27.2 Å².